The molecule has 3 N–H and O–H groups in total. The smallest absolute Gasteiger partial charge is 0.329 e. The van der Waals surface area contributed by atoms with Crippen molar-refractivity contribution < 1.29 is 28.7 Å². The molecular weight excluding hydrogens is 414 g/mol. The van der Waals surface area contributed by atoms with Gasteiger partial charge in [0.05, 0.1) is 11.1 Å². The second kappa shape index (κ2) is 9.42. The van der Waals surface area contributed by atoms with E-state index < -0.39 is 42.2 Å². The fourth-order valence-electron chi connectivity index (χ4n) is 3.39. The molecule has 1 atom stereocenters. The van der Waals surface area contributed by atoms with Gasteiger partial charge in [-0.1, -0.05) is 26.0 Å². The number of carbonyl (C=O) groups is 5. The Labute approximate surface area is 184 Å². The van der Waals surface area contributed by atoms with E-state index in [2.05, 4.69) is 5.32 Å². The van der Waals surface area contributed by atoms with Crippen LogP contribution in [0.2, 0.25) is 0 Å². The van der Waals surface area contributed by atoms with Gasteiger partial charge in [-0.15, -0.1) is 0 Å². The number of nitrogens with one attached hydrogen (secondary N) is 1. The summed E-state index contributed by atoms with van der Waals surface area (Å²) in [6, 6.07) is 11.1. The standard InChI is InChI=1S/C23H23N3O6/c1-13(2)11-18(26-21(29)16-5-3-4-6-17(16)22(26)30)23(31)32-12-19(27)25-15-9-7-14(8-10-15)20(24)28/h3-10,13,18H,11-12H2,1-2H3,(H2,24,28)(H,25,27)/t18-/m0/s1. The van der Waals surface area contributed by atoms with Crippen molar-refractivity contribution in [2.45, 2.75) is 26.3 Å². The molecule has 9 nitrogen and oxygen atoms in total. The maximum Gasteiger partial charge on any atom is 0.329 e. The topological polar surface area (TPSA) is 136 Å². The molecule has 1 heterocycles. The number of anilines is 1. The number of amides is 4. The van der Waals surface area contributed by atoms with E-state index >= 15 is 0 Å². The number of ether oxygens (including phenoxy) is 1. The van der Waals surface area contributed by atoms with Crippen LogP contribution in [-0.2, 0) is 14.3 Å². The van der Waals surface area contributed by atoms with E-state index in [9.17, 15) is 24.0 Å². The van der Waals surface area contributed by atoms with E-state index in [-0.39, 0.29) is 29.0 Å². The summed E-state index contributed by atoms with van der Waals surface area (Å²) < 4.78 is 5.14. The fraction of sp³-hybridized carbons (Fsp3) is 0.261. The van der Waals surface area contributed by atoms with Gasteiger partial charge in [0.25, 0.3) is 17.7 Å². The van der Waals surface area contributed by atoms with Crippen LogP contribution in [0.4, 0.5) is 5.69 Å². The molecule has 0 saturated heterocycles. The minimum absolute atomic E-state index is 0.0190. The average Bonchev–Trinajstić information content (AvgIpc) is 3.01. The van der Waals surface area contributed by atoms with Gasteiger partial charge in [-0.2, -0.15) is 0 Å². The van der Waals surface area contributed by atoms with Gasteiger partial charge in [0.15, 0.2) is 6.61 Å². The molecule has 0 fully saturated rings. The Bertz CT molecular complexity index is 1040. The lowest BCUT2D eigenvalue weighted by molar-refractivity contribution is -0.151. The number of hydrogen-bond acceptors (Lipinski definition) is 6. The van der Waals surface area contributed by atoms with Gasteiger partial charge in [0, 0.05) is 11.3 Å². The fourth-order valence-corrected chi connectivity index (χ4v) is 3.39. The van der Waals surface area contributed by atoms with Crippen molar-refractivity contribution in [3.63, 3.8) is 0 Å². The largest absolute Gasteiger partial charge is 0.454 e. The molecule has 1 aliphatic rings. The predicted molar refractivity (Wildman–Crippen MR) is 115 cm³/mol. The summed E-state index contributed by atoms with van der Waals surface area (Å²) in [7, 11) is 0. The number of primary amides is 1. The summed E-state index contributed by atoms with van der Waals surface area (Å²) in [5, 5.41) is 2.53. The Morgan fingerprint density at radius 3 is 2.03 bits per heavy atom. The van der Waals surface area contributed by atoms with Crippen LogP contribution in [0.25, 0.3) is 0 Å². The Morgan fingerprint density at radius 2 is 1.53 bits per heavy atom. The summed E-state index contributed by atoms with van der Waals surface area (Å²) >= 11 is 0. The number of rotatable bonds is 8. The van der Waals surface area contributed by atoms with Crippen molar-refractivity contribution in [3.05, 3.63) is 65.2 Å². The van der Waals surface area contributed by atoms with Crippen LogP contribution in [0.5, 0.6) is 0 Å². The summed E-state index contributed by atoms with van der Waals surface area (Å²) in [6.07, 6.45) is 0.195. The molecule has 0 saturated carbocycles. The minimum Gasteiger partial charge on any atom is -0.454 e. The molecule has 2 aromatic carbocycles. The number of nitrogens with two attached hydrogens (primary N) is 1. The average molecular weight is 437 g/mol. The van der Waals surface area contributed by atoms with Crippen LogP contribution in [0, 0.1) is 5.92 Å². The summed E-state index contributed by atoms with van der Waals surface area (Å²) in [4.78, 5) is 62.5. The maximum atomic E-state index is 12.8. The highest BCUT2D eigenvalue weighted by Gasteiger charge is 2.43. The monoisotopic (exact) mass is 437 g/mol. The van der Waals surface area contributed by atoms with Crippen molar-refractivity contribution in [1.82, 2.24) is 4.90 Å². The predicted octanol–water partition coefficient (Wildman–Crippen LogP) is 1.98. The van der Waals surface area contributed by atoms with Gasteiger partial charge in [-0.25, -0.2) is 4.79 Å². The number of hydrogen-bond donors (Lipinski definition) is 2. The molecule has 4 amide bonds. The van der Waals surface area contributed by atoms with E-state index in [1.165, 1.54) is 36.4 Å². The molecule has 0 aromatic heterocycles. The number of benzene rings is 2. The highest BCUT2D eigenvalue weighted by molar-refractivity contribution is 6.22. The van der Waals surface area contributed by atoms with Crippen LogP contribution in [0.3, 0.4) is 0 Å². The molecule has 0 bridgehead atoms. The molecule has 166 valence electrons. The van der Waals surface area contributed by atoms with Gasteiger partial charge in [0.2, 0.25) is 5.91 Å². The van der Waals surface area contributed by atoms with Gasteiger partial charge in [0.1, 0.15) is 6.04 Å². The van der Waals surface area contributed by atoms with E-state index in [4.69, 9.17) is 10.5 Å². The third-order valence-electron chi connectivity index (χ3n) is 4.90. The number of carbonyl (C=O) groups excluding carboxylic acids is 5. The highest BCUT2D eigenvalue weighted by atomic mass is 16.5. The van der Waals surface area contributed by atoms with Crippen LogP contribution in [0.1, 0.15) is 51.3 Å². The Balaban J connectivity index is 1.66. The van der Waals surface area contributed by atoms with Crippen molar-refractivity contribution in [3.8, 4) is 0 Å². The number of imide groups is 1. The molecule has 2 aromatic rings. The summed E-state index contributed by atoms with van der Waals surface area (Å²) in [5.74, 6) is -3.20. The molecule has 3 rings (SSSR count). The molecule has 0 radical (unpaired) electrons. The van der Waals surface area contributed by atoms with Gasteiger partial charge < -0.3 is 15.8 Å². The van der Waals surface area contributed by atoms with Crippen molar-refractivity contribution in [2.24, 2.45) is 11.7 Å². The zero-order chi connectivity index (χ0) is 23.4. The Morgan fingerprint density at radius 1 is 0.969 bits per heavy atom. The first-order chi connectivity index (χ1) is 15.2. The van der Waals surface area contributed by atoms with Crippen LogP contribution in [-0.4, -0.2) is 47.1 Å². The van der Waals surface area contributed by atoms with E-state index in [1.54, 1.807) is 12.1 Å². The van der Waals surface area contributed by atoms with E-state index in [0.717, 1.165) is 4.90 Å². The zero-order valence-electron chi connectivity index (χ0n) is 17.7. The van der Waals surface area contributed by atoms with Crippen LogP contribution < -0.4 is 11.1 Å². The quantitative estimate of drug-likeness (QED) is 0.479. The van der Waals surface area contributed by atoms with E-state index in [0.29, 0.717) is 5.69 Å². The first-order valence-corrected chi connectivity index (χ1v) is 10.0. The van der Waals surface area contributed by atoms with Crippen LogP contribution >= 0.6 is 0 Å². The molecule has 0 unspecified atom stereocenters. The van der Waals surface area contributed by atoms with Crippen molar-refractivity contribution in [1.29, 1.82) is 0 Å². The zero-order valence-corrected chi connectivity index (χ0v) is 17.7. The number of fused-ring (bicyclic) bond motifs is 1. The summed E-state index contributed by atoms with van der Waals surface area (Å²) in [5.41, 5.74) is 6.31. The van der Waals surface area contributed by atoms with Gasteiger partial charge >= 0.3 is 5.97 Å². The third-order valence-corrected chi connectivity index (χ3v) is 4.90. The highest BCUT2D eigenvalue weighted by Crippen LogP contribution is 2.27. The van der Waals surface area contributed by atoms with Crippen molar-refractivity contribution in [2.75, 3.05) is 11.9 Å². The molecule has 32 heavy (non-hydrogen) atoms. The minimum atomic E-state index is -1.15. The van der Waals surface area contributed by atoms with Gasteiger partial charge in [-0.05, 0) is 48.7 Å². The third kappa shape index (κ3) is 4.83. The molecule has 0 spiro atoms. The normalized spacial score (nSPS) is 13.7. The van der Waals surface area contributed by atoms with Crippen LogP contribution in [0.15, 0.2) is 48.5 Å². The lowest BCUT2D eigenvalue weighted by Crippen LogP contribution is -2.46. The van der Waals surface area contributed by atoms with Gasteiger partial charge in [-0.3, -0.25) is 24.1 Å². The second-order valence-corrected chi connectivity index (χ2v) is 7.77. The van der Waals surface area contributed by atoms with Crippen molar-refractivity contribution >= 4 is 35.3 Å². The molecular formula is C23H23N3O6. The second-order valence-electron chi connectivity index (χ2n) is 7.77. The first kappa shape index (κ1) is 22.7. The lowest BCUT2D eigenvalue weighted by Gasteiger charge is -2.25. The SMILES string of the molecule is CC(C)C[C@@H](C(=O)OCC(=O)Nc1ccc(C(N)=O)cc1)N1C(=O)c2ccccc2C1=O. The maximum absolute atomic E-state index is 12.8. The molecule has 1 aliphatic heterocycles. The first-order valence-electron chi connectivity index (χ1n) is 10.0. The molecule has 9 heteroatoms. The number of esters is 1. The Kier molecular flexibility index (Phi) is 6.67. The Hall–Kier alpha value is -4.01. The van der Waals surface area contributed by atoms with E-state index in [1.807, 2.05) is 13.8 Å². The molecule has 0 aliphatic carbocycles. The summed E-state index contributed by atoms with van der Waals surface area (Å²) in [6.45, 7) is 3.09. The lowest BCUT2D eigenvalue weighted by atomic mass is 10.0. The number of nitrogens with zero attached hydrogens (tertiary/aromatic N) is 1.